The first-order chi connectivity index (χ1) is 13.9. The monoisotopic (exact) mass is 524 g/mol. The van der Waals surface area contributed by atoms with Crippen LogP contribution < -0.4 is 10.2 Å². The zero-order valence-corrected chi connectivity index (χ0v) is 17.9. The predicted molar refractivity (Wildman–Crippen MR) is 117 cm³/mol. The highest BCUT2D eigenvalue weighted by molar-refractivity contribution is 14.1. The number of ether oxygens (including phenoxy) is 1. The van der Waals surface area contributed by atoms with Gasteiger partial charge in [-0.15, -0.1) is 0 Å². The number of benzene rings is 2. The molecule has 0 saturated heterocycles. The van der Waals surface area contributed by atoms with Crippen molar-refractivity contribution >= 4 is 52.3 Å². The number of methoxy groups -OCH3 is 1. The van der Waals surface area contributed by atoms with Gasteiger partial charge in [0.05, 0.1) is 27.5 Å². The highest BCUT2D eigenvalue weighted by Gasteiger charge is 2.12. The number of carbonyl (C=O) groups is 2. The lowest BCUT2D eigenvalue weighted by Crippen LogP contribution is -2.17. The minimum atomic E-state index is -1.10. The van der Waals surface area contributed by atoms with Gasteiger partial charge in [0.2, 0.25) is 0 Å². The number of nitrogens with one attached hydrogen (secondary N) is 1. The van der Waals surface area contributed by atoms with Gasteiger partial charge in [-0.05, 0) is 65.1 Å². The summed E-state index contributed by atoms with van der Waals surface area (Å²) in [6.07, 6.45) is 1.36. The Morgan fingerprint density at radius 2 is 2.00 bits per heavy atom. The average Bonchev–Trinajstić information content (AvgIpc) is 3.16. The van der Waals surface area contributed by atoms with E-state index in [4.69, 9.17) is 25.9 Å². The molecular formula is C20H14ClIN2O5. The molecule has 0 radical (unpaired) electrons. The van der Waals surface area contributed by atoms with Gasteiger partial charge in [0, 0.05) is 11.1 Å². The maximum atomic E-state index is 12.2. The minimum absolute atomic E-state index is 0.0127. The number of nitrogens with zero attached hydrogens (tertiary/aromatic N) is 1. The summed E-state index contributed by atoms with van der Waals surface area (Å²) in [5.74, 6) is -0.00234. The van der Waals surface area contributed by atoms with Gasteiger partial charge in [0.1, 0.15) is 17.3 Å². The van der Waals surface area contributed by atoms with E-state index in [9.17, 15) is 9.59 Å². The van der Waals surface area contributed by atoms with E-state index < -0.39 is 11.9 Å². The van der Waals surface area contributed by atoms with Crippen molar-refractivity contribution in [1.82, 2.24) is 5.43 Å². The summed E-state index contributed by atoms with van der Waals surface area (Å²) in [5.41, 5.74) is 3.47. The van der Waals surface area contributed by atoms with Gasteiger partial charge in [-0.2, -0.15) is 5.10 Å². The number of carbonyl (C=O) groups excluding carboxylic acids is 1. The number of rotatable bonds is 6. The van der Waals surface area contributed by atoms with Crippen LogP contribution in [0.3, 0.4) is 0 Å². The van der Waals surface area contributed by atoms with E-state index in [1.807, 2.05) is 0 Å². The molecule has 0 aliphatic rings. The maximum absolute atomic E-state index is 12.2. The van der Waals surface area contributed by atoms with Crippen molar-refractivity contribution in [3.8, 4) is 17.1 Å². The number of hydrogen-bond acceptors (Lipinski definition) is 5. The number of carboxylic acid groups (broad SMARTS) is 1. The second-order valence-electron chi connectivity index (χ2n) is 5.75. The molecule has 2 aromatic carbocycles. The van der Waals surface area contributed by atoms with Gasteiger partial charge in [0.25, 0.3) is 5.91 Å². The number of amides is 1. The second-order valence-corrected chi connectivity index (χ2v) is 7.32. The van der Waals surface area contributed by atoms with Crippen LogP contribution in [0.4, 0.5) is 0 Å². The van der Waals surface area contributed by atoms with E-state index in [-0.39, 0.29) is 10.6 Å². The Hall–Kier alpha value is -2.85. The summed E-state index contributed by atoms with van der Waals surface area (Å²) in [7, 11) is 1.54. The fourth-order valence-corrected chi connectivity index (χ4v) is 3.26. The van der Waals surface area contributed by atoms with Crippen LogP contribution in [0.5, 0.6) is 5.75 Å². The van der Waals surface area contributed by atoms with E-state index in [2.05, 4.69) is 33.1 Å². The summed E-state index contributed by atoms with van der Waals surface area (Å²) in [5, 5.41) is 13.0. The largest absolute Gasteiger partial charge is 0.496 e. The molecule has 1 aromatic heterocycles. The average molecular weight is 525 g/mol. The number of carboxylic acids is 1. The summed E-state index contributed by atoms with van der Waals surface area (Å²) in [6, 6.07) is 12.9. The van der Waals surface area contributed by atoms with Gasteiger partial charge >= 0.3 is 5.97 Å². The first-order valence-electron chi connectivity index (χ1n) is 8.19. The summed E-state index contributed by atoms with van der Waals surface area (Å²) >= 11 is 8.10. The molecule has 3 rings (SSSR count). The Labute approximate surface area is 184 Å². The van der Waals surface area contributed by atoms with Crippen LogP contribution in [0.1, 0.15) is 26.5 Å². The number of hydrazone groups is 1. The molecule has 0 atom stereocenters. The quantitative estimate of drug-likeness (QED) is 0.277. The lowest BCUT2D eigenvalue weighted by molar-refractivity contribution is 0.0696. The molecule has 0 unspecified atom stereocenters. The maximum Gasteiger partial charge on any atom is 0.337 e. The number of furan rings is 1. The molecule has 0 bridgehead atoms. The molecule has 0 fully saturated rings. The smallest absolute Gasteiger partial charge is 0.337 e. The van der Waals surface area contributed by atoms with Crippen LogP contribution in [-0.4, -0.2) is 30.3 Å². The molecule has 1 heterocycles. The van der Waals surface area contributed by atoms with Crippen LogP contribution in [0.25, 0.3) is 11.3 Å². The van der Waals surface area contributed by atoms with Gasteiger partial charge in [-0.25, -0.2) is 10.2 Å². The van der Waals surface area contributed by atoms with Crippen molar-refractivity contribution in [2.45, 2.75) is 0 Å². The van der Waals surface area contributed by atoms with Crippen molar-refractivity contribution in [2.75, 3.05) is 7.11 Å². The molecule has 7 nitrogen and oxygen atoms in total. The Morgan fingerprint density at radius 1 is 1.21 bits per heavy atom. The van der Waals surface area contributed by atoms with Gasteiger partial charge in [-0.1, -0.05) is 17.7 Å². The summed E-state index contributed by atoms with van der Waals surface area (Å²) < 4.78 is 11.7. The molecule has 1 amide bonds. The van der Waals surface area contributed by atoms with Crippen molar-refractivity contribution in [1.29, 1.82) is 0 Å². The van der Waals surface area contributed by atoms with Crippen molar-refractivity contribution in [3.63, 3.8) is 0 Å². The van der Waals surface area contributed by atoms with Crippen LogP contribution >= 0.6 is 34.2 Å². The molecule has 2 N–H and O–H groups in total. The third-order valence-electron chi connectivity index (χ3n) is 3.88. The van der Waals surface area contributed by atoms with Crippen molar-refractivity contribution in [2.24, 2.45) is 5.10 Å². The number of hydrogen-bond donors (Lipinski definition) is 2. The third-order valence-corrected chi connectivity index (χ3v) is 5.09. The predicted octanol–water partition coefficient (Wildman–Crippen LogP) is 4.68. The van der Waals surface area contributed by atoms with Gasteiger partial charge in [-0.3, -0.25) is 4.79 Å². The fourth-order valence-electron chi connectivity index (χ4n) is 2.44. The minimum Gasteiger partial charge on any atom is -0.496 e. The Balaban J connectivity index is 1.68. The SMILES string of the molecule is COc1cc(C(=O)N/N=C/c2ccc(-c3ccc(C(=O)O)c(Cl)c3)o2)ccc1I. The highest BCUT2D eigenvalue weighted by Crippen LogP contribution is 2.27. The molecule has 0 aliphatic carbocycles. The van der Waals surface area contributed by atoms with E-state index >= 15 is 0 Å². The fraction of sp³-hybridized carbons (Fsp3) is 0.0500. The Kier molecular flexibility index (Phi) is 6.55. The van der Waals surface area contributed by atoms with E-state index in [0.29, 0.717) is 28.4 Å². The molecule has 0 aliphatic heterocycles. The van der Waals surface area contributed by atoms with Crippen molar-refractivity contribution < 1.29 is 23.8 Å². The summed E-state index contributed by atoms with van der Waals surface area (Å²) in [4.78, 5) is 23.2. The molecule has 0 saturated carbocycles. The Morgan fingerprint density at radius 3 is 2.69 bits per heavy atom. The van der Waals surface area contributed by atoms with Gasteiger partial charge < -0.3 is 14.3 Å². The molecule has 148 valence electrons. The normalized spacial score (nSPS) is 10.9. The first-order valence-corrected chi connectivity index (χ1v) is 9.64. The standard InChI is InChI=1S/C20H14ClIN2O5/c1-28-18-9-12(3-6-16(18)22)19(25)24-23-10-13-4-7-17(29-13)11-2-5-14(20(26)27)15(21)8-11/h2-10H,1H3,(H,24,25)(H,26,27)/b23-10+. The van der Waals surface area contributed by atoms with Crippen LogP contribution in [0, 0.1) is 3.57 Å². The van der Waals surface area contributed by atoms with Crippen LogP contribution in [-0.2, 0) is 0 Å². The number of aromatic carboxylic acids is 1. The molecule has 3 aromatic rings. The molecular weight excluding hydrogens is 511 g/mol. The lowest BCUT2D eigenvalue weighted by atomic mass is 10.1. The van der Waals surface area contributed by atoms with E-state index in [0.717, 1.165) is 3.57 Å². The zero-order valence-electron chi connectivity index (χ0n) is 15.0. The van der Waals surface area contributed by atoms with Crippen LogP contribution in [0.2, 0.25) is 5.02 Å². The lowest BCUT2D eigenvalue weighted by Gasteiger charge is -2.05. The third kappa shape index (κ3) is 4.96. The number of halogens is 2. The molecule has 29 heavy (non-hydrogen) atoms. The van der Waals surface area contributed by atoms with Gasteiger partial charge in [0.15, 0.2) is 0 Å². The summed E-state index contributed by atoms with van der Waals surface area (Å²) in [6.45, 7) is 0. The first kappa shape index (κ1) is 20.9. The van der Waals surface area contributed by atoms with E-state index in [1.54, 1.807) is 36.4 Å². The zero-order chi connectivity index (χ0) is 21.0. The molecule has 9 heteroatoms. The van der Waals surface area contributed by atoms with E-state index in [1.165, 1.54) is 25.5 Å². The second kappa shape index (κ2) is 9.10. The Bertz CT molecular complexity index is 1110. The van der Waals surface area contributed by atoms with Crippen molar-refractivity contribution in [3.05, 3.63) is 74.0 Å². The molecule has 0 spiro atoms. The van der Waals surface area contributed by atoms with Crippen LogP contribution in [0.15, 0.2) is 58.0 Å². The highest BCUT2D eigenvalue weighted by atomic mass is 127. The topological polar surface area (TPSA) is 101 Å².